The molecule has 7 heteroatoms. The van der Waals surface area contributed by atoms with Crippen molar-refractivity contribution >= 4 is 22.5 Å². The first-order chi connectivity index (χ1) is 9.08. The van der Waals surface area contributed by atoms with Crippen molar-refractivity contribution in [1.29, 1.82) is 0 Å². The number of nitro benzene ring substituents is 1. The van der Waals surface area contributed by atoms with Gasteiger partial charge in [-0.25, -0.2) is 0 Å². The summed E-state index contributed by atoms with van der Waals surface area (Å²) in [6.45, 7) is 3.52. The van der Waals surface area contributed by atoms with Gasteiger partial charge in [-0.05, 0) is 23.2 Å². The van der Waals surface area contributed by atoms with Crippen molar-refractivity contribution < 1.29 is 14.5 Å². The van der Waals surface area contributed by atoms with Crippen LogP contribution in [0.2, 0.25) is 0 Å². The summed E-state index contributed by atoms with van der Waals surface area (Å²) in [5.74, 6) is 0. The van der Waals surface area contributed by atoms with Crippen molar-refractivity contribution in [1.82, 2.24) is 4.90 Å². The molecule has 0 bridgehead atoms. The van der Waals surface area contributed by atoms with Crippen LogP contribution in [0.15, 0.2) is 18.2 Å². The lowest BCUT2D eigenvalue weighted by molar-refractivity contribution is -0.385. The van der Waals surface area contributed by atoms with Crippen molar-refractivity contribution in [3.63, 3.8) is 0 Å². The second-order valence-electron chi connectivity index (χ2n) is 4.27. The Kier molecular flexibility index (Phi) is 4.47. The average molecular weight is 285 g/mol. The first-order valence-electron chi connectivity index (χ1n) is 5.85. The molecule has 1 aromatic carbocycles. The predicted octanol–water partition coefficient (Wildman–Crippen LogP) is 1.81. The highest BCUT2D eigenvalue weighted by atomic mass is 35.5. The van der Waals surface area contributed by atoms with Crippen molar-refractivity contribution in [2.24, 2.45) is 0 Å². The van der Waals surface area contributed by atoms with Crippen LogP contribution in [-0.2, 0) is 11.3 Å². The van der Waals surface area contributed by atoms with Crippen LogP contribution in [0.1, 0.15) is 15.9 Å². The van der Waals surface area contributed by atoms with Gasteiger partial charge in [0.15, 0.2) is 0 Å². The maximum absolute atomic E-state index is 11.1. The van der Waals surface area contributed by atoms with Crippen LogP contribution in [0.5, 0.6) is 0 Å². The monoisotopic (exact) mass is 284 g/mol. The van der Waals surface area contributed by atoms with Crippen LogP contribution >= 0.6 is 11.6 Å². The topological polar surface area (TPSA) is 72.7 Å². The summed E-state index contributed by atoms with van der Waals surface area (Å²) < 4.78 is 5.24. The second kappa shape index (κ2) is 6.10. The zero-order chi connectivity index (χ0) is 13.8. The minimum Gasteiger partial charge on any atom is -0.379 e. The molecule has 1 heterocycles. The van der Waals surface area contributed by atoms with Gasteiger partial charge in [-0.2, -0.15) is 0 Å². The van der Waals surface area contributed by atoms with Crippen LogP contribution in [-0.4, -0.2) is 41.4 Å². The maximum atomic E-state index is 11.1. The molecule has 0 aliphatic carbocycles. The molecule has 19 heavy (non-hydrogen) atoms. The number of ether oxygens (including phenoxy) is 1. The normalized spacial score (nSPS) is 16.3. The predicted molar refractivity (Wildman–Crippen MR) is 69.4 cm³/mol. The number of morpholine rings is 1. The average Bonchev–Trinajstić information content (AvgIpc) is 2.39. The Morgan fingerprint density at radius 1 is 1.42 bits per heavy atom. The minimum atomic E-state index is -0.815. The van der Waals surface area contributed by atoms with Crippen LogP contribution in [0.25, 0.3) is 0 Å². The number of carbonyl (C=O) groups is 1. The van der Waals surface area contributed by atoms with Gasteiger partial charge in [0.05, 0.1) is 18.1 Å². The SMILES string of the molecule is O=C(Cl)c1ccc(CN2CCOCC2)cc1[N+](=O)[O-]. The van der Waals surface area contributed by atoms with Gasteiger partial charge in [-0.3, -0.25) is 19.8 Å². The number of benzene rings is 1. The summed E-state index contributed by atoms with van der Waals surface area (Å²) in [4.78, 5) is 23.6. The van der Waals surface area contributed by atoms with Gasteiger partial charge in [0.1, 0.15) is 5.56 Å². The van der Waals surface area contributed by atoms with Gasteiger partial charge in [-0.15, -0.1) is 0 Å². The van der Waals surface area contributed by atoms with E-state index < -0.39 is 10.2 Å². The molecule has 102 valence electrons. The van der Waals surface area contributed by atoms with E-state index in [4.69, 9.17) is 16.3 Å². The molecule has 0 atom stereocenters. The van der Waals surface area contributed by atoms with Crippen molar-refractivity contribution in [3.8, 4) is 0 Å². The molecule has 0 radical (unpaired) electrons. The smallest absolute Gasteiger partial charge is 0.281 e. The lowest BCUT2D eigenvalue weighted by Crippen LogP contribution is -2.35. The number of halogens is 1. The van der Waals surface area contributed by atoms with E-state index in [1.54, 1.807) is 6.07 Å². The second-order valence-corrected chi connectivity index (χ2v) is 4.61. The number of hydrogen-bond acceptors (Lipinski definition) is 5. The standard InChI is InChI=1S/C12H13ClN2O4/c13-12(16)10-2-1-9(7-11(10)15(17)18)8-14-3-5-19-6-4-14/h1-2,7H,3-6,8H2. The van der Waals surface area contributed by atoms with E-state index in [2.05, 4.69) is 4.90 Å². The molecule has 6 nitrogen and oxygen atoms in total. The lowest BCUT2D eigenvalue weighted by atomic mass is 10.1. The molecule has 0 saturated carbocycles. The third-order valence-corrected chi connectivity index (χ3v) is 3.18. The van der Waals surface area contributed by atoms with E-state index in [0.29, 0.717) is 19.8 Å². The van der Waals surface area contributed by atoms with Gasteiger partial charge in [0.25, 0.3) is 10.9 Å². The largest absolute Gasteiger partial charge is 0.379 e. The quantitative estimate of drug-likeness (QED) is 0.479. The van der Waals surface area contributed by atoms with Crippen molar-refractivity contribution in [2.45, 2.75) is 6.54 Å². The summed E-state index contributed by atoms with van der Waals surface area (Å²) in [6.07, 6.45) is 0. The Labute approximate surface area is 115 Å². The molecule has 0 N–H and O–H groups in total. The summed E-state index contributed by atoms with van der Waals surface area (Å²) >= 11 is 5.33. The highest BCUT2D eigenvalue weighted by Gasteiger charge is 2.20. The molecule has 1 aliphatic heterocycles. The lowest BCUT2D eigenvalue weighted by Gasteiger charge is -2.26. The van der Waals surface area contributed by atoms with Gasteiger partial charge >= 0.3 is 0 Å². The minimum absolute atomic E-state index is 0.0719. The van der Waals surface area contributed by atoms with Crippen LogP contribution in [0.4, 0.5) is 5.69 Å². The molecule has 1 aliphatic rings. The third-order valence-electron chi connectivity index (χ3n) is 2.98. The highest BCUT2D eigenvalue weighted by molar-refractivity contribution is 6.68. The number of carbonyl (C=O) groups excluding carboxylic acids is 1. The number of rotatable bonds is 4. The number of nitrogens with zero attached hydrogens (tertiary/aromatic N) is 2. The summed E-state index contributed by atoms with van der Waals surface area (Å²) in [7, 11) is 0. The summed E-state index contributed by atoms with van der Waals surface area (Å²) in [5, 5.41) is 10.1. The Morgan fingerprint density at radius 3 is 2.68 bits per heavy atom. The maximum Gasteiger partial charge on any atom is 0.281 e. The molecule has 0 unspecified atom stereocenters. The van der Waals surface area contributed by atoms with Crippen molar-refractivity contribution in [2.75, 3.05) is 26.3 Å². The van der Waals surface area contributed by atoms with E-state index in [-0.39, 0.29) is 11.3 Å². The van der Waals surface area contributed by atoms with Crippen LogP contribution < -0.4 is 0 Å². The van der Waals surface area contributed by atoms with E-state index in [1.165, 1.54) is 12.1 Å². The summed E-state index contributed by atoms with van der Waals surface area (Å²) in [5.41, 5.74) is 0.471. The fourth-order valence-electron chi connectivity index (χ4n) is 2.01. The first-order valence-corrected chi connectivity index (χ1v) is 6.23. The fourth-order valence-corrected chi connectivity index (χ4v) is 2.17. The van der Waals surface area contributed by atoms with E-state index in [9.17, 15) is 14.9 Å². The molecular weight excluding hydrogens is 272 g/mol. The molecular formula is C12H13ClN2O4. The van der Waals surface area contributed by atoms with Crippen LogP contribution in [0, 0.1) is 10.1 Å². The molecule has 0 spiro atoms. The summed E-state index contributed by atoms with van der Waals surface area (Å²) in [6, 6.07) is 4.51. The molecule has 2 rings (SSSR count). The van der Waals surface area contributed by atoms with Gasteiger partial charge < -0.3 is 4.74 Å². The van der Waals surface area contributed by atoms with E-state index in [0.717, 1.165) is 18.7 Å². The van der Waals surface area contributed by atoms with Crippen LogP contribution in [0.3, 0.4) is 0 Å². The highest BCUT2D eigenvalue weighted by Crippen LogP contribution is 2.23. The van der Waals surface area contributed by atoms with E-state index >= 15 is 0 Å². The Hall–Kier alpha value is -1.50. The zero-order valence-electron chi connectivity index (χ0n) is 10.2. The Bertz CT molecular complexity index is 501. The third kappa shape index (κ3) is 3.50. The van der Waals surface area contributed by atoms with Gasteiger partial charge in [0, 0.05) is 25.7 Å². The molecule has 1 fully saturated rings. The number of hydrogen-bond donors (Lipinski definition) is 0. The zero-order valence-corrected chi connectivity index (χ0v) is 10.9. The van der Waals surface area contributed by atoms with Gasteiger partial charge in [-0.1, -0.05) is 6.07 Å². The molecule has 0 amide bonds. The first kappa shape index (κ1) is 13.9. The Morgan fingerprint density at radius 2 is 2.11 bits per heavy atom. The fraction of sp³-hybridized carbons (Fsp3) is 0.417. The van der Waals surface area contributed by atoms with Gasteiger partial charge in [0.2, 0.25) is 0 Å². The van der Waals surface area contributed by atoms with Crippen molar-refractivity contribution in [3.05, 3.63) is 39.4 Å². The molecule has 0 aromatic heterocycles. The molecule has 1 saturated heterocycles. The number of nitro groups is 1. The van der Waals surface area contributed by atoms with E-state index in [1.807, 2.05) is 0 Å². The molecule has 1 aromatic rings. The Balaban J connectivity index is 2.20.